The summed E-state index contributed by atoms with van der Waals surface area (Å²) in [6.07, 6.45) is 3.39. The van der Waals surface area contributed by atoms with E-state index in [2.05, 4.69) is 64.4 Å². The van der Waals surface area contributed by atoms with Crippen molar-refractivity contribution in [2.75, 3.05) is 37.6 Å². The number of likely N-dealkylation sites (tertiary alicyclic amines) is 1. The van der Waals surface area contributed by atoms with E-state index >= 15 is 0 Å². The second-order valence-corrected chi connectivity index (χ2v) is 8.35. The van der Waals surface area contributed by atoms with Gasteiger partial charge in [-0.2, -0.15) is 0 Å². The topological polar surface area (TPSA) is 43.9 Å². The number of anilines is 1. The van der Waals surface area contributed by atoms with E-state index in [0.29, 0.717) is 6.42 Å². The Morgan fingerprint density at radius 1 is 0.967 bits per heavy atom. The lowest BCUT2D eigenvalue weighted by Gasteiger charge is -2.36. The van der Waals surface area contributed by atoms with Gasteiger partial charge in [-0.15, -0.1) is 0 Å². The molecule has 5 heteroatoms. The first kappa shape index (κ1) is 20.6. The van der Waals surface area contributed by atoms with Gasteiger partial charge in [-0.25, -0.2) is 0 Å². The molecule has 2 saturated heterocycles. The van der Waals surface area contributed by atoms with Crippen molar-refractivity contribution in [2.45, 2.75) is 38.6 Å². The SMILES string of the molecule is CC(=O)N1C(=O)CCC1c1ccc(CCCN2CCN(c3ccccc3)CC2)cc1. The molecule has 2 aromatic rings. The van der Waals surface area contributed by atoms with Gasteiger partial charge in [0.25, 0.3) is 0 Å². The zero-order valence-corrected chi connectivity index (χ0v) is 17.8. The summed E-state index contributed by atoms with van der Waals surface area (Å²) in [5, 5.41) is 0. The van der Waals surface area contributed by atoms with Crippen LogP contribution in [0.5, 0.6) is 0 Å². The molecule has 2 heterocycles. The fourth-order valence-corrected chi connectivity index (χ4v) is 4.68. The lowest BCUT2D eigenvalue weighted by molar-refractivity contribution is -0.142. The van der Waals surface area contributed by atoms with Crippen LogP contribution in [0.25, 0.3) is 0 Å². The monoisotopic (exact) mass is 405 g/mol. The fourth-order valence-electron chi connectivity index (χ4n) is 4.68. The van der Waals surface area contributed by atoms with Crippen molar-refractivity contribution in [1.82, 2.24) is 9.80 Å². The summed E-state index contributed by atoms with van der Waals surface area (Å²) < 4.78 is 0. The summed E-state index contributed by atoms with van der Waals surface area (Å²) in [5.74, 6) is -0.206. The molecule has 1 unspecified atom stereocenters. The van der Waals surface area contributed by atoms with E-state index in [9.17, 15) is 9.59 Å². The summed E-state index contributed by atoms with van der Waals surface area (Å²) in [4.78, 5) is 30.2. The summed E-state index contributed by atoms with van der Waals surface area (Å²) in [6.45, 7) is 7.01. The van der Waals surface area contributed by atoms with Gasteiger partial charge in [-0.1, -0.05) is 42.5 Å². The molecule has 30 heavy (non-hydrogen) atoms. The second-order valence-electron chi connectivity index (χ2n) is 8.35. The first-order valence-electron chi connectivity index (χ1n) is 11.1. The van der Waals surface area contributed by atoms with Gasteiger partial charge in [0, 0.05) is 45.2 Å². The number of rotatable bonds is 6. The standard InChI is InChI=1S/C25H31N3O2/c1-20(29)28-24(13-14-25(28)30)22-11-9-21(10-12-22)6-5-15-26-16-18-27(19-17-26)23-7-3-2-4-8-23/h2-4,7-12,24H,5-6,13-19H2,1H3. The number of para-hydroxylation sites is 1. The Bertz CT molecular complexity index is 858. The number of benzene rings is 2. The average Bonchev–Trinajstić information content (AvgIpc) is 3.17. The molecule has 158 valence electrons. The van der Waals surface area contributed by atoms with E-state index < -0.39 is 0 Å². The minimum absolute atomic E-state index is 0.0519. The third kappa shape index (κ3) is 4.73. The van der Waals surface area contributed by atoms with Crippen molar-refractivity contribution >= 4 is 17.5 Å². The number of piperazine rings is 1. The van der Waals surface area contributed by atoms with Crippen molar-refractivity contribution in [3.05, 3.63) is 65.7 Å². The quantitative estimate of drug-likeness (QED) is 0.736. The molecule has 0 aliphatic carbocycles. The Kier molecular flexibility index (Phi) is 6.48. The molecule has 0 spiro atoms. The third-order valence-electron chi connectivity index (χ3n) is 6.35. The summed E-state index contributed by atoms with van der Waals surface area (Å²) in [7, 11) is 0. The molecular formula is C25H31N3O2. The minimum Gasteiger partial charge on any atom is -0.369 e. The van der Waals surface area contributed by atoms with Crippen LogP contribution < -0.4 is 4.90 Å². The molecule has 4 rings (SSSR count). The number of hydrogen-bond donors (Lipinski definition) is 0. The predicted octanol–water partition coefficient (Wildman–Crippen LogP) is 3.65. The smallest absolute Gasteiger partial charge is 0.229 e. The van der Waals surface area contributed by atoms with Gasteiger partial charge in [0.05, 0.1) is 6.04 Å². The maximum absolute atomic E-state index is 12.0. The zero-order chi connectivity index (χ0) is 20.9. The van der Waals surface area contributed by atoms with Gasteiger partial charge in [-0.05, 0) is 49.1 Å². The van der Waals surface area contributed by atoms with Crippen molar-refractivity contribution in [3.63, 3.8) is 0 Å². The van der Waals surface area contributed by atoms with Crippen molar-refractivity contribution in [1.29, 1.82) is 0 Å². The number of nitrogens with zero attached hydrogens (tertiary/aromatic N) is 3. The van der Waals surface area contributed by atoms with Crippen LogP contribution in [0.3, 0.4) is 0 Å². The maximum Gasteiger partial charge on any atom is 0.229 e. The van der Waals surface area contributed by atoms with Crippen LogP contribution >= 0.6 is 0 Å². The highest BCUT2D eigenvalue weighted by molar-refractivity contribution is 5.96. The summed E-state index contributed by atoms with van der Waals surface area (Å²) >= 11 is 0. The van der Waals surface area contributed by atoms with E-state index in [0.717, 1.165) is 57.5 Å². The highest BCUT2D eigenvalue weighted by atomic mass is 16.2. The van der Waals surface area contributed by atoms with E-state index in [1.54, 1.807) is 0 Å². The van der Waals surface area contributed by atoms with Gasteiger partial charge in [0.15, 0.2) is 0 Å². The molecule has 0 N–H and O–H groups in total. The lowest BCUT2D eigenvalue weighted by Crippen LogP contribution is -2.46. The normalized spacial score (nSPS) is 20.0. The Balaban J connectivity index is 1.23. The Morgan fingerprint density at radius 3 is 2.33 bits per heavy atom. The summed E-state index contributed by atoms with van der Waals surface area (Å²) in [6, 6.07) is 19.1. The zero-order valence-electron chi connectivity index (χ0n) is 17.8. The number of imide groups is 1. The van der Waals surface area contributed by atoms with E-state index in [-0.39, 0.29) is 17.9 Å². The van der Waals surface area contributed by atoms with E-state index in [4.69, 9.17) is 0 Å². The van der Waals surface area contributed by atoms with Crippen LogP contribution in [-0.2, 0) is 16.0 Å². The number of amides is 2. The first-order chi connectivity index (χ1) is 14.6. The van der Waals surface area contributed by atoms with Gasteiger partial charge < -0.3 is 4.90 Å². The van der Waals surface area contributed by atoms with E-state index in [1.165, 1.54) is 23.1 Å². The van der Waals surface area contributed by atoms with Crippen LogP contribution in [0.4, 0.5) is 5.69 Å². The number of aryl methyl sites for hydroxylation is 1. The fraction of sp³-hybridized carbons (Fsp3) is 0.440. The molecule has 0 radical (unpaired) electrons. The van der Waals surface area contributed by atoms with Gasteiger partial charge >= 0.3 is 0 Å². The molecule has 0 bridgehead atoms. The molecule has 2 fully saturated rings. The molecule has 0 aromatic heterocycles. The van der Waals surface area contributed by atoms with E-state index in [1.807, 2.05) is 0 Å². The van der Waals surface area contributed by atoms with Gasteiger partial charge in [-0.3, -0.25) is 19.4 Å². The maximum atomic E-state index is 12.0. The van der Waals surface area contributed by atoms with Crippen LogP contribution in [0, 0.1) is 0 Å². The molecule has 2 amide bonds. The molecule has 5 nitrogen and oxygen atoms in total. The van der Waals surface area contributed by atoms with Crippen molar-refractivity contribution < 1.29 is 9.59 Å². The molecule has 1 atom stereocenters. The van der Waals surface area contributed by atoms with Gasteiger partial charge in [0.2, 0.25) is 11.8 Å². The Labute approximate surface area is 179 Å². The van der Waals surface area contributed by atoms with Crippen LogP contribution in [-0.4, -0.2) is 54.3 Å². The van der Waals surface area contributed by atoms with Crippen molar-refractivity contribution in [2.24, 2.45) is 0 Å². The first-order valence-corrected chi connectivity index (χ1v) is 11.1. The highest BCUT2D eigenvalue weighted by Gasteiger charge is 2.34. The molecule has 2 aromatic carbocycles. The molecule has 2 aliphatic rings. The summed E-state index contributed by atoms with van der Waals surface area (Å²) in [5.41, 5.74) is 3.71. The number of hydrogen-bond acceptors (Lipinski definition) is 4. The van der Waals surface area contributed by atoms with Crippen LogP contribution in [0.15, 0.2) is 54.6 Å². The molecule has 2 aliphatic heterocycles. The number of carbonyl (C=O) groups excluding carboxylic acids is 2. The minimum atomic E-state index is -0.154. The Hall–Kier alpha value is -2.66. The number of carbonyl (C=O) groups is 2. The van der Waals surface area contributed by atoms with Crippen LogP contribution in [0.2, 0.25) is 0 Å². The largest absolute Gasteiger partial charge is 0.369 e. The van der Waals surface area contributed by atoms with Crippen LogP contribution in [0.1, 0.15) is 43.4 Å². The van der Waals surface area contributed by atoms with Gasteiger partial charge in [0.1, 0.15) is 0 Å². The lowest BCUT2D eigenvalue weighted by atomic mass is 10.0. The second kappa shape index (κ2) is 9.43. The Morgan fingerprint density at radius 2 is 1.67 bits per heavy atom. The third-order valence-corrected chi connectivity index (χ3v) is 6.35. The average molecular weight is 406 g/mol. The predicted molar refractivity (Wildman–Crippen MR) is 119 cm³/mol. The molecular weight excluding hydrogens is 374 g/mol. The molecule has 0 saturated carbocycles. The highest BCUT2D eigenvalue weighted by Crippen LogP contribution is 2.33. The van der Waals surface area contributed by atoms with Crippen molar-refractivity contribution in [3.8, 4) is 0 Å².